The summed E-state index contributed by atoms with van der Waals surface area (Å²) in [5, 5.41) is 7.87. The van der Waals surface area contributed by atoms with Crippen molar-refractivity contribution in [2.45, 2.75) is 6.92 Å². The van der Waals surface area contributed by atoms with Crippen LogP contribution in [0.1, 0.15) is 11.1 Å². The van der Waals surface area contributed by atoms with Crippen molar-refractivity contribution in [3.63, 3.8) is 0 Å². The molecule has 92 valence electrons. The Bertz CT molecular complexity index is 579. The fraction of sp³-hybridized carbons (Fsp3) is 0.0714. The number of halogens is 1. The maximum Gasteiger partial charge on any atom is 0.146 e. The normalized spacial score (nSPS) is 10.1. The lowest BCUT2D eigenvalue weighted by molar-refractivity contribution is 0.482. The van der Waals surface area contributed by atoms with Gasteiger partial charge in [-0.05, 0) is 48.9 Å². The molecule has 18 heavy (non-hydrogen) atoms. The van der Waals surface area contributed by atoms with Gasteiger partial charge >= 0.3 is 0 Å². The maximum atomic E-state index is 7.31. The van der Waals surface area contributed by atoms with Crippen LogP contribution in [0.15, 0.2) is 42.5 Å². The topological polar surface area (TPSA) is 59.1 Å². The van der Waals surface area contributed by atoms with E-state index in [1.165, 1.54) is 0 Å². The molecular weight excluding hydrogens is 248 g/mol. The second-order valence-corrected chi connectivity index (χ2v) is 4.38. The first kappa shape index (κ1) is 12.5. The lowest BCUT2D eigenvalue weighted by Gasteiger charge is -2.08. The minimum absolute atomic E-state index is 0.0372. The van der Waals surface area contributed by atoms with Gasteiger partial charge in [-0.25, -0.2) is 0 Å². The van der Waals surface area contributed by atoms with E-state index < -0.39 is 0 Å². The standard InChI is InChI=1S/C14H13ClN2O/c1-9-2-7-12(15)13(8-9)18-11-5-3-10(4-6-11)14(16)17/h2-8H,1H3,(H3,16,17). The minimum atomic E-state index is 0.0372. The highest BCUT2D eigenvalue weighted by atomic mass is 35.5. The van der Waals surface area contributed by atoms with Crippen LogP contribution >= 0.6 is 11.6 Å². The molecule has 0 radical (unpaired) electrons. The van der Waals surface area contributed by atoms with Crippen LogP contribution in [0.5, 0.6) is 11.5 Å². The Hall–Kier alpha value is -2.00. The van der Waals surface area contributed by atoms with Crippen LogP contribution in [0, 0.1) is 12.3 Å². The summed E-state index contributed by atoms with van der Waals surface area (Å²) in [5.74, 6) is 1.31. The van der Waals surface area contributed by atoms with E-state index in [0.717, 1.165) is 5.56 Å². The van der Waals surface area contributed by atoms with Gasteiger partial charge in [0.15, 0.2) is 0 Å². The number of rotatable bonds is 3. The lowest BCUT2D eigenvalue weighted by atomic mass is 10.2. The summed E-state index contributed by atoms with van der Waals surface area (Å²) >= 11 is 6.05. The predicted molar refractivity (Wildman–Crippen MR) is 73.7 cm³/mol. The Morgan fingerprint density at radius 2 is 1.83 bits per heavy atom. The summed E-state index contributed by atoms with van der Waals surface area (Å²) < 4.78 is 5.68. The number of amidine groups is 1. The van der Waals surface area contributed by atoms with E-state index in [9.17, 15) is 0 Å². The fourth-order valence-electron chi connectivity index (χ4n) is 1.52. The van der Waals surface area contributed by atoms with E-state index in [4.69, 9.17) is 27.5 Å². The number of nitrogens with two attached hydrogens (primary N) is 1. The predicted octanol–water partition coefficient (Wildman–Crippen LogP) is 3.72. The first-order valence-electron chi connectivity index (χ1n) is 5.45. The molecule has 0 heterocycles. The average molecular weight is 261 g/mol. The van der Waals surface area contributed by atoms with Gasteiger partial charge in [0, 0.05) is 5.56 Å². The van der Waals surface area contributed by atoms with Crippen molar-refractivity contribution in [1.82, 2.24) is 0 Å². The summed E-state index contributed by atoms with van der Waals surface area (Å²) in [4.78, 5) is 0. The summed E-state index contributed by atoms with van der Waals surface area (Å²) in [6.45, 7) is 1.97. The molecule has 0 aromatic heterocycles. The van der Waals surface area contributed by atoms with Gasteiger partial charge in [0.05, 0.1) is 5.02 Å². The molecule has 3 N–H and O–H groups in total. The quantitative estimate of drug-likeness (QED) is 0.653. The molecule has 2 aromatic carbocycles. The van der Waals surface area contributed by atoms with Gasteiger partial charge in [-0.1, -0.05) is 17.7 Å². The number of benzene rings is 2. The molecule has 0 saturated heterocycles. The second kappa shape index (κ2) is 5.10. The molecule has 0 fully saturated rings. The highest BCUT2D eigenvalue weighted by Crippen LogP contribution is 2.30. The molecule has 0 amide bonds. The van der Waals surface area contributed by atoms with Crippen LogP contribution in [0.2, 0.25) is 5.02 Å². The third-order valence-corrected chi connectivity index (χ3v) is 2.79. The average Bonchev–Trinajstić information content (AvgIpc) is 2.34. The summed E-state index contributed by atoms with van der Waals surface area (Å²) in [6.07, 6.45) is 0. The molecule has 0 spiro atoms. The third-order valence-electron chi connectivity index (χ3n) is 2.48. The van der Waals surface area contributed by atoms with E-state index in [1.54, 1.807) is 30.3 Å². The van der Waals surface area contributed by atoms with Gasteiger partial charge in [-0.3, -0.25) is 5.41 Å². The molecule has 0 aliphatic rings. The monoisotopic (exact) mass is 260 g/mol. The lowest BCUT2D eigenvalue weighted by Crippen LogP contribution is -2.10. The molecule has 0 saturated carbocycles. The van der Waals surface area contributed by atoms with E-state index in [2.05, 4.69) is 0 Å². The number of hydrogen-bond acceptors (Lipinski definition) is 2. The van der Waals surface area contributed by atoms with Crippen LogP contribution in [-0.2, 0) is 0 Å². The number of nitrogens with one attached hydrogen (secondary N) is 1. The van der Waals surface area contributed by atoms with E-state index in [0.29, 0.717) is 22.1 Å². The fourth-order valence-corrected chi connectivity index (χ4v) is 1.67. The maximum absolute atomic E-state index is 7.31. The van der Waals surface area contributed by atoms with Crippen LogP contribution in [0.25, 0.3) is 0 Å². The second-order valence-electron chi connectivity index (χ2n) is 3.97. The first-order valence-corrected chi connectivity index (χ1v) is 5.82. The van der Waals surface area contributed by atoms with Crippen molar-refractivity contribution >= 4 is 17.4 Å². The van der Waals surface area contributed by atoms with Crippen LogP contribution in [0.3, 0.4) is 0 Å². The van der Waals surface area contributed by atoms with Crippen molar-refractivity contribution in [2.24, 2.45) is 5.73 Å². The first-order chi connectivity index (χ1) is 8.56. The molecule has 4 heteroatoms. The number of aryl methyl sites for hydroxylation is 1. The highest BCUT2D eigenvalue weighted by Gasteiger charge is 2.04. The highest BCUT2D eigenvalue weighted by molar-refractivity contribution is 6.32. The summed E-state index contributed by atoms with van der Waals surface area (Å²) in [7, 11) is 0. The Balaban J connectivity index is 2.23. The minimum Gasteiger partial charge on any atom is -0.456 e. The Kier molecular flexibility index (Phi) is 3.53. The Morgan fingerprint density at radius 1 is 1.17 bits per heavy atom. The molecule has 0 unspecified atom stereocenters. The van der Waals surface area contributed by atoms with Crippen molar-refractivity contribution in [3.05, 3.63) is 58.6 Å². The Morgan fingerprint density at radius 3 is 2.44 bits per heavy atom. The molecule has 0 bridgehead atoms. The van der Waals surface area contributed by atoms with Crippen LogP contribution < -0.4 is 10.5 Å². The van der Waals surface area contributed by atoms with E-state index in [-0.39, 0.29) is 5.84 Å². The molecule has 2 rings (SSSR count). The number of ether oxygens (including phenoxy) is 1. The molecule has 0 aliphatic heterocycles. The third kappa shape index (κ3) is 2.81. The SMILES string of the molecule is Cc1ccc(Cl)c(Oc2ccc(C(=N)N)cc2)c1. The molecule has 3 nitrogen and oxygen atoms in total. The van der Waals surface area contributed by atoms with Crippen LogP contribution in [-0.4, -0.2) is 5.84 Å². The van der Waals surface area contributed by atoms with Gasteiger partial charge < -0.3 is 10.5 Å². The zero-order valence-electron chi connectivity index (χ0n) is 9.91. The van der Waals surface area contributed by atoms with E-state index in [1.807, 2.05) is 19.1 Å². The smallest absolute Gasteiger partial charge is 0.146 e. The van der Waals surface area contributed by atoms with Gasteiger partial charge in [0.1, 0.15) is 17.3 Å². The molecule has 0 atom stereocenters. The van der Waals surface area contributed by atoms with Gasteiger partial charge in [0.25, 0.3) is 0 Å². The van der Waals surface area contributed by atoms with Gasteiger partial charge in [-0.2, -0.15) is 0 Å². The molecular formula is C14H13ClN2O. The van der Waals surface area contributed by atoms with Crippen molar-refractivity contribution in [2.75, 3.05) is 0 Å². The van der Waals surface area contributed by atoms with Crippen LogP contribution in [0.4, 0.5) is 0 Å². The molecule has 0 aliphatic carbocycles. The Labute approximate surface area is 111 Å². The van der Waals surface area contributed by atoms with Gasteiger partial charge in [-0.15, -0.1) is 0 Å². The van der Waals surface area contributed by atoms with E-state index >= 15 is 0 Å². The number of nitrogen functional groups attached to an aromatic ring is 1. The van der Waals surface area contributed by atoms with Crippen molar-refractivity contribution in [1.29, 1.82) is 5.41 Å². The summed E-state index contributed by atoms with van der Waals surface area (Å²) in [6, 6.07) is 12.6. The zero-order valence-corrected chi connectivity index (χ0v) is 10.7. The number of hydrogen-bond donors (Lipinski definition) is 2. The zero-order chi connectivity index (χ0) is 13.1. The van der Waals surface area contributed by atoms with Crippen molar-refractivity contribution < 1.29 is 4.74 Å². The van der Waals surface area contributed by atoms with Crippen molar-refractivity contribution in [3.8, 4) is 11.5 Å². The summed E-state index contributed by atoms with van der Waals surface area (Å²) in [5.41, 5.74) is 7.12. The largest absolute Gasteiger partial charge is 0.456 e. The van der Waals surface area contributed by atoms with Gasteiger partial charge in [0.2, 0.25) is 0 Å². The molecule has 2 aromatic rings.